The zero-order chi connectivity index (χ0) is 18.5. The van der Waals surface area contributed by atoms with Crippen LogP contribution in [0.25, 0.3) is 0 Å². The maximum atomic E-state index is 11.2. The summed E-state index contributed by atoms with van der Waals surface area (Å²) in [6.45, 7) is 16.6. The molecule has 0 saturated heterocycles. The van der Waals surface area contributed by atoms with E-state index in [2.05, 4.69) is 25.4 Å². The Bertz CT molecular complexity index is 370. The van der Waals surface area contributed by atoms with Crippen molar-refractivity contribution >= 4 is 11.7 Å². The van der Waals surface area contributed by atoms with Crippen molar-refractivity contribution in [1.82, 2.24) is 5.32 Å². The maximum Gasteiger partial charge on any atom is 0.243 e. The van der Waals surface area contributed by atoms with Gasteiger partial charge in [-0.1, -0.05) is 27.0 Å². The molecule has 0 aliphatic heterocycles. The molecule has 0 bridgehead atoms. The minimum atomic E-state index is -0.171. The van der Waals surface area contributed by atoms with Gasteiger partial charge in [-0.2, -0.15) is 0 Å². The van der Waals surface area contributed by atoms with Crippen molar-refractivity contribution in [2.75, 3.05) is 19.8 Å². The number of hydrogen-bond donors (Lipinski definition) is 1. The Morgan fingerprint density at radius 1 is 0.958 bits per heavy atom. The van der Waals surface area contributed by atoms with Crippen molar-refractivity contribution in [2.24, 2.45) is 11.8 Å². The van der Waals surface area contributed by atoms with E-state index >= 15 is 0 Å². The second-order valence-corrected chi connectivity index (χ2v) is 6.45. The quantitative estimate of drug-likeness (QED) is 0.494. The molecule has 0 aliphatic carbocycles. The number of amides is 1. The Labute approximate surface area is 146 Å². The predicted octanol–water partition coefficient (Wildman–Crippen LogP) is 2.91. The number of nitrogens with one attached hydrogen (secondary N) is 1. The molecule has 0 aliphatic rings. The van der Waals surface area contributed by atoms with Gasteiger partial charge in [0.1, 0.15) is 0 Å². The lowest BCUT2D eigenvalue weighted by Gasteiger charge is -2.24. The number of ketones is 1. The van der Waals surface area contributed by atoms with Crippen LogP contribution >= 0.6 is 0 Å². The van der Waals surface area contributed by atoms with E-state index in [-0.39, 0.29) is 29.8 Å². The van der Waals surface area contributed by atoms with Crippen molar-refractivity contribution in [1.29, 1.82) is 0 Å². The number of rotatable bonds is 14. The van der Waals surface area contributed by atoms with Crippen LogP contribution in [-0.2, 0) is 19.1 Å². The van der Waals surface area contributed by atoms with Gasteiger partial charge in [-0.3, -0.25) is 9.59 Å². The predicted molar refractivity (Wildman–Crippen MR) is 96.8 cm³/mol. The molecule has 24 heavy (non-hydrogen) atoms. The van der Waals surface area contributed by atoms with Gasteiger partial charge >= 0.3 is 0 Å². The topological polar surface area (TPSA) is 64.6 Å². The minimum Gasteiger partial charge on any atom is -0.376 e. The number of hydrogen-bond acceptors (Lipinski definition) is 4. The van der Waals surface area contributed by atoms with E-state index in [1.54, 1.807) is 0 Å². The standard InChI is InChI=1S/C19H33NO4/c1-7-18(21)10-9-14(3)12-23-16(5)17(6)24-13-15(4)11-20-19(22)8-2/h7-8,14-17H,1-2,9-13H2,3-6H3,(H,20,22). The molecule has 1 amide bonds. The van der Waals surface area contributed by atoms with Crippen molar-refractivity contribution in [3.63, 3.8) is 0 Å². The van der Waals surface area contributed by atoms with Crippen LogP contribution in [0.15, 0.2) is 25.3 Å². The van der Waals surface area contributed by atoms with E-state index in [9.17, 15) is 9.59 Å². The van der Waals surface area contributed by atoms with E-state index in [4.69, 9.17) is 9.47 Å². The Hall–Kier alpha value is -1.46. The molecular formula is C19H33NO4. The highest BCUT2D eigenvalue weighted by molar-refractivity contribution is 5.88. The van der Waals surface area contributed by atoms with Crippen LogP contribution in [0, 0.1) is 11.8 Å². The minimum absolute atomic E-state index is 0.0301. The molecule has 0 aromatic rings. The zero-order valence-electron chi connectivity index (χ0n) is 15.5. The van der Waals surface area contributed by atoms with Crippen molar-refractivity contribution < 1.29 is 19.1 Å². The van der Waals surface area contributed by atoms with E-state index < -0.39 is 0 Å². The average Bonchev–Trinajstić information content (AvgIpc) is 2.59. The van der Waals surface area contributed by atoms with Gasteiger partial charge in [-0.25, -0.2) is 0 Å². The largest absolute Gasteiger partial charge is 0.376 e. The molecule has 0 fully saturated rings. The molecule has 0 rings (SSSR count). The molecule has 0 radical (unpaired) electrons. The van der Waals surface area contributed by atoms with Gasteiger partial charge < -0.3 is 14.8 Å². The molecule has 4 unspecified atom stereocenters. The fourth-order valence-electron chi connectivity index (χ4n) is 1.88. The van der Waals surface area contributed by atoms with Crippen LogP contribution in [0.4, 0.5) is 0 Å². The molecule has 5 nitrogen and oxygen atoms in total. The first-order valence-corrected chi connectivity index (χ1v) is 8.58. The first-order chi connectivity index (χ1) is 11.3. The molecule has 0 saturated carbocycles. The molecule has 138 valence electrons. The first-order valence-electron chi connectivity index (χ1n) is 8.58. The monoisotopic (exact) mass is 339 g/mol. The third kappa shape index (κ3) is 11.1. The van der Waals surface area contributed by atoms with Crippen molar-refractivity contribution in [2.45, 2.75) is 52.7 Å². The van der Waals surface area contributed by atoms with E-state index in [1.165, 1.54) is 12.2 Å². The van der Waals surface area contributed by atoms with Crippen LogP contribution in [-0.4, -0.2) is 43.7 Å². The number of carbonyl (C=O) groups is 2. The van der Waals surface area contributed by atoms with Gasteiger partial charge in [-0.05, 0) is 44.3 Å². The zero-order valence-corrected chi connectivity index (χ0v) is 15.5. The van der Waals surface area contributed by atoms with Crippen molar-refractivity contribution in [3.8, 4) is 0 Å². The lowest BCUT2D eigenvalue weighted by Crippen LogP contribution is -2.32. The van der Waals surface area contributed by atoms with Gasteiger partial charge in [-0.15, -0.1) is 0 Å². The maximum absolute atomic E-state index is 11.2. The fourth-order valence-corrected chi connectivity index (χ4v) is 1.88. The lowest BCUT2D eigenvalue weighted by molar-refractivity contribution is -0.117. The average molecular weight is 339 g/mol. The number of allylic oxidation sites excluding steroid dienone is 1. The lowest BCUT2D eigenvalue weighted by atomic mass is 10.0. The molecule has 0 aromatic heterocycles. The Morgan fingerprint density at radius 2 is 1.50 bits per heavy atom. The van der Waals surface area contributed by atoms with Crippen LogP contribution in [0.1, 0.15) is 40.5 Å². The van der Waals surface area contributed by atoms with Crippen LogP contribution < -0.4 is 5.32 Å². The summed E-state index contributed by atoms with van der Waals surface area (Å²) in [5.74, 6) is 0.434. The van der Waals surface area contributed by atoms with Crippen LogP contribution in [0.2, 0.25) is 0 Å². The van der Waals surface area contributed by atoms with Gasteiger partial charge in [0.15, 0.2) is 5.78 Å². The summed E-state index contributed by atoms with van der Waals surface area (Å²) in [6.07, 6.45) is 3.87. The summed E-state index contributed by atoms with van der Waals surface area (Å²) in [6, 6.07) is 0. The van der Waals surface area contributed by atoms with Crippen LogP contribution in [0.3, 0.4) is 0 Å². The van der Waals surface area contributed by atoms with E-state index in [1.807, 2.05) is 20.8 Å². The highest BCUT2D eigenvalue weighted by atomic mass is 16.5. The van der Waals surface area contributed by atoms with E-state index in [0.717, 1.165) is 6.42 Å². The summed E-state index contributed by atoms with van der Waals surface area (Å²) in [5.41, 5.74) is 0. The number of carbonyl (C=O) groups excluding carboxylic acids is 2. The SMILES string of the molecule is C=CC(=O)CCC(C)COC(C)C(C)OCC(C)CNC(=O)C=C. The fraction of sp³-hybridized carbons (Fsp3) is 0.684. The summed E-state index contributed by atoms with van der Waals surface area (Å²) >= 11 is 0. The van der Waals surface area contributed by atoms with Gasteiger partial charge in [0.25, 0.3) is 0 Å². The highest BCUT2D eigenvalue weighted by Crippen LogP contribution is 2.11. The van der Waals surface area contributed by atoms with Gasteiger partial charge in [0, 0.05) is 19.6 Å². The van der Waals surface area contributed by atoms with Crippen LogP contribution in [0.5, 0.6) is 0 Å². The molecule has 1 N–H and O–H groups in total. The second kappa shape index (κ2) is 12.9. The Kier molecular flexibility index (Phi) is 12.1. The third-order valence-corrected chi connectivity index (χ3v) is 3.87. The smallest absolute Gasteiger partial charge is 0.243 e. The highest BCUT2D eigenvalue weighted by Gasteiger charge is 2.16. The Morgan fingerprint density at radius 3 is 2.00 bits per heavy atom. The molecule has 5 heteroatoms. The molecule has 0 heterocycles. The summed E-state index contributed by atoms with van der Waals surface area (Å²) < 4.78 is 11.6. The van der Waals surface area contributed by atoms with Gasteiger partial charge in [0.05, 0.1) is 18.8 Å². The van der Waals surface area contributed by atoms with E-state index in [0.29, 0.717) is 32.1 Å². The summed E-state index contributed by atoms with van der Waals surface area (Å²) in [4.78, 5) is 22.3. The summed E-state index contributed by atoms with van der Waals surface area (Å²) in [7, 11) is 0. The first kappa shape index (κ1) is 22.5. The Balaban J connectivity index is 3.91. The molecular weight excluding hydrogens is 306 g/mol. The third-order valence-electron chi connectivity index (χ3n) is 3.87. The second-order valence-electron chi connectivity index (χ2n) is 6.45. The van der Waals surface area contributed by atoms with Crippen molar-refractivity contribution in [3.05, 3.63) is 25.3 Å². The molecule has 4 atom stereocenters. The summed E-state index contributed by atoms with van der Waals surface area (Å²) in [5, 5.41) is 2.75. The number of ether oxygens (including phenoxy) is 2. The molecule has 0 spiro atoms. The molecule has 0 aromatic carbocycles. The van der Waals surface area contributed by atoms with Gasteiger partial charge in [0.2, 0.25) is 5.91 Å². The normalized spacial score (nSPS) is 15.8.